The van der Waals surface area contributed by atoms with Gasteiger partial charge in [-0.15, -0.1) is 0 Å². The molecule has 1 saturated heterocycles. The van der Waals surface area contributed by atoms with Crippen molar-refractivity contribution in [2.75, 3.05) is 26.8 Å². The summed E-state index contributed by atoms with van der Waals surface area (Å²) in [7, 11) is 1.49. The highest BCUT2D eigenvalue weighted by molar-refractivity contribution is 5.30. The fourth-order valence-electron chi connectivity index (χ4n) is 4.65. The highest BCUT2D eigenvalue weighted by atomic mass is 19.4. The van der Waals surface area contributed by atoms with Gasteiger partial charge in [0, 0.05) is 12.3 Å². The Morgan fingerprint density at radius 3 is 2.71 bits per heavy atom. The Labute approximate surface area is 139 Å². The van der Waals surface area contributed by atoms with Crippen LogP contribution >= 0.6 is 0 Å². The zero-order chi connectivity index (χ0) is 17.4. The lowest BCUT2D eigenvalue weighted by Gasteiger charge is -2.60. The maximum absolute atomic E-state index is 13.6. The monoisotopic (exact) mass is 344 g/mol. The van der Waals surface area contributed by atoms with Crippen LogP contribution in [0.5, 0.6) is 5.88 Å². The first-order valence-corrected chi connectivity index (χ1v) is 8.29. The smallest absolute Gasteiger partial charge is 0.394 e. The van der Waals surface area contributed by atoms with Crippen LogP contribution in [0.15, 0.2) is 18.3 Å². The maximum atomic E-state index is 13.6. The van der Waals surface area contributed by atoms with Crippen molar-refractivity contribution in [1.29, 1.82) is 0 Å². The average molecular weight is 344 g/mol. The van der Waals surface area contributed by atoms with Gasteiger partial charge in [-0.2, -0.15) is 13.2 Å². The Hall–Kier alpha value is -1.34. The lowest BCUT2D eigenvalue weighted by molar-refractivity contribution is -0.236. The molecule has 3 atom stereocenters. The van der Waals surface area contributed by atoms with Crippen LogP contribution in [0.25, 0.3) is 0 Å². The van der Waals surface area contributed by atoms with Crippen LogP contribution in [0.4, 0.5) is 13.2 Å². The van der Waals surface area contributed by atoms with E-state index in [1.54, 1.807) is 18.3 Å². The number of hydrogen-bond acceptors (Lipinski definition) is 4. The van der Waals surface area contributed by atoms with Crippen LogP contribution in [0.1, 0.15) is 30.7 Å². The van der Waals surface area contributed by atoms with Gasteiger partial charge in [-0.3, -0.25) is 0 Å². The van der Waals surface area contributed by atoms with Gasteiger partial charge < -0.3 is 15.2 Å². The molecule has 2 heterocycles. The number of aliphatic hydroxyl groups is 1. The topological polar surface area (TPSA) is 54.4 Å². The number of piperidine rings is 1. The number of methoxy groups -OCH3 is 1. The molecule has 2 unspecified atom stereocenters. The van der Waals surface area contributed by atoms with Gasteiger partial charge in [0.2, 0.25) is 5.88 Å². The largest absolute Gasteiger partial charge is 0.481 e. The molecule has 1 aromatic heterocycles. The summed E-state index contributed by atoms with van der Waals surface area (Å²) in [5.74, 6) is -2.10. The fourth-order valence-corrected chi connectivity index (χ4v) is 4.65. The van der Waals surface area contributed by atoms with Crippen LogP contribution in [0.3, 0.4) is 0 Å². The summed E-state index contributed by atoms with van der Waals surface area (Å²) < 4.78 is 45.8. The molecule has 3 rings (SSSR count). The summed E-state index contributed by atoms with van der Waals surface area (Å²) >= 11 is 0. The first-order valence-electron chi connectivity index (χ1n) is 8.29. The Bertz CT molecular complexity index is 573. The summed E-state index contributed by atoms with van der Waals surface area (Å²) in [5.41, 5.74) is 0.480. The average Bonchev–Trinajstić information content (AvgIpc) is 2.57. The normalized spacial score (nSPS) is 27.5. The Morgan fingerprint density at radius 2 is 2.12 bits per heavy atom. The third kappa shape index (κ3) is 2.99. The van der Waals surface area contributed by atoms with Gasteiger partial charge in [0.05, 0.1) is 19.6 Å². The van der Waals surface area contributed by atoms with E-state index in [0.717, 1.165) is 37.9 Å². The fraction of sp³-hybridized carbons (Fsp3) is 0.706. The van der Waals surface area contributed by atoms with Crippen LogP contribution in [0.2, 0.25) is 0 Å². The summed E-state index contributed by atoms with van der Waals surface area (Å²) in [6.45, 7) is 0.611. The van der Waals surface area contributed by atoms with Crippen molar-refractivity contribution >= 4 is 0 Å². The van der Waals surface area contributed by atoms with Gasteiger partial charge in [-0.05, 0) is 61.2 Å². The van der Waals surface area contributed by atoms with E-state index in [1.807, 2.05) is 0 Å². The standard InChI is InChI=1S/C17H23F3N2O2/c1-24-14-8-11(2-5-22-14)12-9-16(3-6-21-7-4-16)15(12)13(10-23)17(18,19)20/h2,5,8,12-13,15,21,23H,3-4,6-7,9-10H2,1H3/t12-,13?,15?/m0/s1. The molecule has 1 aliphatic heterocycles. The minimum Gasteiger partial charge on any atom is -0.481 e. The molecule has 1 spiro atoms. The number of rotatable bonds is 4. The maximum Gasteiger partial charge on any atom is 0.394 e. The minimum absolute atomic E-state index is 0.223. The van der Waals surface area contributed by atoms with Crippen molar-refractivity contribution in [3.8, 4) is 5.88 Å². The molecule has 1 saturated carbocycles. The number of hydrogen-bond donors (Lipinski definition) is 2. The molecule has 2 fully saturated rings. The Kier molecular flexibility index (Phi) is 4.75. The van der Waals surface area contributed by atoms with Gasteiger partial charge in [-0.25, -0.2) is 4.98 Å². The van der Waals surface area contributed by atoms with E-state index in [2.05, 4.69) is 10.3 Å². The molecule has 0 bridgehead atoms. The third-order valence-electron chi connectivity index (χ3n) is 5.81. The SMILES string of the molecule is COc1cc([C@@H]2CC3(CCNCC3)C2C(CO)C(F)(F)F)ccn1. The molecule has 1 aromatic rings. The number of ether oxygens (including phenoxy) is 1. The highest BCUT2D eigenvalue weighted by Crippen LogP contribution is 2.65. The molecule has 1 aliphatic carbocycles. The summed E-state index contributed by atoms with van der Waals surface area (Å²) in [6.07, 6.45) is -0.654. The van der Waals surface area contributed by atoms with Gasteiger partial charge >= 0.3 is 6.18 Å². The molecular weight excluding hydrogens is 321 g/mol. The number of alkyl halides is 3. The number of aliphatic hydroxyl groups excluding tert-OH is 1. The molecule has 0 amide bonds. The van der Waals surface area contributed by atoms with Gasteiger partial charge in [0.25, 0.3) is 0 Å². The van der Waals surface area contributed by atoms with Gasteiger partial charge in [0.15, 0.2) is 0 Å². The molecule has 134 valence electrons. The summed E-state index contributed by atoms with van der Waals surface area (Å²) in [5, 5.41) is 12.7. The zero-order valence-corrected chi connectivity index (χ0v) is 13.6. The van der Waals surface area contributed by atoms with Crippen molar-refractivity contribution in [2.24, 2.45) is 17.3 Å². The van der Waals surface area contributed by atoms with Crippen LogP contribution in [0, 0.1) is 17.3 Å². The minimum atomic E-state index is -4.40. The van der Waals surface area contributed by atoms with Crippen LogP contribution < -0.4 is 10.1 Å². The van der Waals surface area contributed by atoms with Crippen LogP contribution in [-0.2, 0) is 0 Å². The first kappa shape index (κ1) is 17.5. The van der Waals surface area contributed by atoms with E-state index in [1.165, 1.54) is 7.11 Å². The number of pyridine rings is 1. The molecular formula is C17H23F3N2O2. The molecule has 0 radical (unpaired) electrons. The number of nitrogens with one attached hydrogen (secondary N) is 1. The quantitative estimate of drug-likeness (QED) is 0.882. The molecule has 0 aromatic carbocycles. The van der Waals surface area contributed by atoms with E-state index in [0.29, 0.717) is 5.88 Å². The van der Waals surface area contributed by atoms with Crippen LogP contribution in [-0.4, -0.2) is 43.1 Å². The third-order valence-corrected chi connectivity index (χ3v) is 5.81. The van der Waals surface area contributed by atoms with Crippen molar-refractivity contribution in [1.82, 2.24) is 10.3 Å². The second-order valence-corrected chi connectivity index (χ2v) is 6.91. The van der Waals surface area contributed by atoms with Crippen molar-refractivity contribution in [3.63, 3.8) is 0 Å². The molecule has 2 N–H and O–H groups in total. The zero-order valence-electron chi connectivity index (χ0n) is 13.6. The van der Waals surface area contributed by atoms with Crippen molar-refractivity contribution < 1.29 is 23.0 Å². The van der Waals surface area contributed by atoms with E-state index in [9.17, 15) is 18.3 Å². The highest BCUT2D eigenvalue weighted by Gasteiger charge is 2.62. The predicted octanol–water partition coefficient (Wildman–Crippen LogP) is 2.73. The first-order chi connectivity index (χ1) is 11.4. The Balaban J connectivity index is 1.94. The molecule has 4 nitrogen and oxygen atoms in total. The Morgan fingerprint density at radius 1 is 1.42 bits per heavy atom. The summed E-state index contributed by atoms with van der Waals surface area (Å²) in [4.78, 5) is 4.04. The number of aromatic nitrogens is 1. The van der Waals surface area contributed by atoms with E-state index in [-0.39, 0.29) is 11.3 Å². The van der Waals surface area contributed by atoms with Crippen molar-refractivity contribution in [2.45, 2.75) is 31.4 Å². The van der Waals surface area contributed by atoms with Gasteiger partial charge in [0.1, 0.15) is 0 Å². The number of nitrogens with zero attached hydrogens (tertiary/aromatic N) is 1. The van der Waals surface area contributed by atoms with E-state index < -0.39 is 24.6 Å². The second kappa shape index (κ2) is 6.52. The van der Waals surface area contributed by atoms with E-state index >= 15 is 0 Å². The lowest BCUT2D eigenvalue weighted by Crippen LogP contribution is -2.57. The predicted molar refractivity (Wildman–Crippen MR) is 82.8 cm³/mol. The molecule has 2 aliphatic rings. The second-order valence-electron chi connectivity index (χ2n) is 6.91. The van der Waals surface area contributed by atoms with Gasteiger partial charge in [-0.1, -0.05) is 0 Å². The molecule has 24 heavy (non-hydrogen) atoms. The number of halogens is 3. The van der Waals surface area contributed by atoms with Crippen molar-refractivity contribution in [3.05, 3.63) is 23.9 Å². The molecule has 7 heteroatoms. The lowest BCUT2D eigenvalue weighted by atomic mass is 9.45. The van der Waals surface area contributed by atoms with E-state index in [4.69, 9.17) is 4.74 Å². The summed E-state index contributed by atoms with van der Waals surface area (Å²) in [6, 6.07) is 3.48.